The first-order valence-electron chi connectivity index (χ1n) is 5.15. The van der Waals surface area contributed by atoms with Crippen molar-refractivity contribution in [3.8, 4) is 11.5 Å². The molecule has 0 bridgehead atoms. The molecule has 1 aromatic carbocycles. The Morgan fingerprint density at radius 3 is 2.50 bits per heavy atom. The van der Waals surface area contributed by atoms with Crippen molar-refractivity contribution >= 4 is 12.6 Å². The van der Waals surface area contributed by atoms with Crippen LogP contribution in [0.2, 0.25) is 0 Å². The number of aliphatic hydroxyl groups is 1. The molecule has 1 aromatic rings. The van der Waals surface area contributed by atoms with Gasteiger partial charge in [0.25, 0.3) is 0 Å². The van der Waals surface area contributed by atoms with Crippen LogP contribution < -0.4 is 9.47 Å². The minimum absolute atomic E-state index is 0.543. The Morgan fingerprint density at radius 1 is 1.31 bits per heavy atom. The SMILES string of the molecule is COc1cc(C)c(C(O)CCS)c(OC)c1. The van der Waals surface area contributed by atoms with Gasteiger partial charge in [-0.15, -0.1) is 0 Å². The second-order valence-electron chi connectivity index (χ2n) is 3.59. The van der Waals surface area contributed by atoms with Crippen molar-refractivity contribution in [1.29, 1.82) is 0 Å². The van der Waals surface area contributed by atoms with E-state index in [-0.39, 0.29) is 0 Å². The fourth-order valence-electron chi connectivity index (χ4n) is 1.71. The third kappa shape index (κ3) is 2.83. The Labute approximate surface area is 102 Å². The van der Waals surface area contributed by atoms with Gasteiger partial charge in [-0.05, 0) is 30.7 Å². The Balaban J connectivity index is 3.15. The highest BCUT2D eigenvalue weighted by Gasteiger charge is 2.16. The van der Waals surface area contributed by atoms with E-state index in [1.165, 1.54) is 0 Å². The number of hydrogen-bond acceptors (Lipinski definition) is 4. The van der Waals surface area contributed by atoms with E-state index >= 15 is 0 Å². The van der Waals surface area contributed by atoms with Crippen molar-refractivity contribution in [3.63, 3.8) is 0 Å². The molecule has 4 heteroatoms. The average molecular weight is 242 g/mol. The first-order valence-corrected chi connectivity index (χ1v) is 5.78. The predicted octanol–water partition coefficient (Wildman–Crippen LogP) is 2.37. The minimum Gasteiger partial charge on any atom is -0.497 e. The van der Waals surface area contributed by atoms with Crippen molar-refractivity contribution < 1.29 is 14.6 Å². The summed E-state index contributed by atoms with van der Waals surface area (Å²) in [5, 5.41) is 10.0. The first kappa shape index (κ1) is 13.2. The molecule has 0 radical (unpaired) electrons. The summed E-state index contributed by atoms with van der Waals surface area (Å²) in [6, 6.07) is 3.67. The zero-order valence-electron chi connectivity index (χ0n) is 9.86. The summed E-state index contributed by atoms with van der Waals surface area (Å²) in [4.78, 5) is 0. The molecule has 0 spiro atoms. The van der Waals surface area contributed by atoms with E-state index in [0.717, 1.165) is 16.9 Å². The van der Waals surface area contributed by atoms with Crippen LogP contribution in [0.3, 0.4) is 0 Å². The largest absolute Gasteiger partial charge is 0.497 e. The van der Waals surface area contributed by atoms with E-state index in [0.29, 0.717) is 17.9 Å². The molecular weight excluding hydrogens is 224 g/mol. The van der Waals surface area contributed by atoms with Gasteiger partial charge in [-0.1, -0.05) is 0 Å². The van der Waals surface area contributed by atoms with Crippen LogP contribution in [0.25, 0.3) is 0 Å². The number of rotatable bonds is 5. The molecule has 0 aliphatic carbocycles. The van der Waals surface area contributed by atoms with Crippen molar-refractivity contribution in [1.82, 2.24) is 0 Å². The van der Waals surface area contributed by atoms with Crippen molar-refractivity contribution in [3.05, 3.63) is 23.3 Å². The van der Waals surface area contributed by atoms with E-state index in [1.54, 1.807) is 20.3 Å². The van der Waals surface area contributed by atoms with Crippen LogP contribution in [0, 0.1) is 6.92 Å². The van der Waals surface area contributed by atoms with Gasteiger partial charge in [0, 0.05) is 11.6 Å². The lowest BCUT2D eigenvalue weighted by Crippen LogP contribution is -2.04. The summed E-state index contributed by atoms with van der Waals surface area (Å²) in [6.45, 7) is 1.93. The van der Waals surface area contributed by atoms with Crippen LogP contribution in [-0.4, -0.2) is 25.1 Å². The van der Waals surface area contributed by atoms with Crippen LogP contribution in [0.1, 0.15) is 23.7 Å². The average Bonchev–Trinajstić information content (AvgIpc) is 2.27. The van der Waals surface area contributed by atoms with Gasteiger partial charge in [0.15, 0.2) is 0 Å². The summed E-state index contributed by atoms with van der Waals surface area (Å²) in [5.74, 6) is 2.03. The monoisotopic (exact) mass is 242 g/mol. The summed E-state index contributed by atoms with van der Waals surface area (Å²) in [7, 11) is 3.20. The summed E-state index contributed by atoms with van der Waals surface area (Å²) in [5.41, 5.74) is 1.78. The van der Waals surface area contributed by atoms with Gasteiger partial charge < -0.3 is 14.6 Å². The summed E-state index contributed by atoms with van der Waals surface area (Å²) in [6.07, 6.45) is 0.0606. The van der Waals surface area contributed by atoms with E-state index in [2.05, 4.69) is 12.6 Å². The van der Waals surface area contributed by atoms with Gasteiger partial charge in [-0.25, -0.2) is 0 Å². The molecule has 0 fully saturated rings. The van der Waals surface area contributed by atoms with Crippen LogP contribution >= 0.6 is 12.6 Å². The molecule has 1 rings (SSSR count). The van der Waals surface area contributed by atoms with Gasteiger partial charge in [0.1, 0.15) is 11.5 Å². The number of benzene rings is 1. The van der Waals surface area contributed by atoms with E-state index in [1.807, 2.05) is 13.0 Å². The molecule has 3 nitrogen and oxygen atoms in total. The highest BCUT2D eigenvalue weighted by atomic mass is 32.1. The number of ether oxygens (including phenoxy) is 2. The molecule has 1 atom stereocenters. The molecule has 16 heavy (non-hydrogen) atoms. The highest BCUT2D eigenvalue weighted by molar-refractivity contribution is 7.80. The highest BCUT2D eigenvalue weighted by Crippen LogP contribution is 2.34. The fourth-order valence-corrected chi connectivity index (χ4v) is 1.96. The maximum Gasteiger partial charge on any atom is 0.128 e. The lowest BCUT2D eigenvalue weighted by molar-refractivity contribution is 0.170. The normalized spacial score (nSPS) is 12.3. The molecule has 0 saturated heterocycles. The third-order valence-corrected chi connectivity index (χ3v) is 2.77. The van der Waals surface area contributed by atoms with Crippen LogP contribution in [0.15, 0.2) is 12.1 Å². The number of thiol groups is 1. The molecule has 0 aliphatic rings. The molecular formula is C12H18O3S. The van der Waals surface area contributed by atoms with Crippen molar-refractivity contribution in [2.24, 2.45) is 0 Å². The number of aryl methyl sites for hydroxylation is 1. The quantitative estimate of drug-likeness (QED) is 0.779. The second-order valence-corrected chi connectivity index (χ2v) is 4.04. The Kier molecular flexibility index (Phi) is 4.96. The van der Waals surface area contributed by atoms with E-state index in [4.69, 9.17) is 9.47 Å². The third-order valence-electron chi connectivity index (χ3n) is 2.51. The van der Waals surface area contributed by atoms with Crippen molar-refractivity contribution in [2.45, 2.75) is 19.4 Å². The number of aliphatic hydroxyl groups excluding tert-OH is 1. The summed E-state index contributed by atoms with van der Waals surface area (Å²) < 4.78 is 10.4. The molecule has 0 aromatic heterocycles. The van der Waals surface area contributed by atoms with Gasteiger partial charge >= 0.3 is 0 Å². The smallest absolute Gasteiger partial charge is 0.128 e. The molecule has 0 heterocycles. The Bertz CT molecular complexity index is 352. The molecule has 0 aliphatic heterocycles. The molecule has 0 saturated carbocycles. The molecule has 90 valence electrons. The Hall–Kier alpha value is -0.870. The van der Waals surface area contributed by atoms with Crippen LogP contribution in [-0.2, 0) is 0 Å². The zero-order chi connectivity index (χ0) is 12.1. The topological polar surface area (TPSA) is 38.7 Å². The van der Waals surface area contributed by atoms with Crippen LogP contribution in [0.5, 0.6) is 11.5 Å². The van der Waals surface area contributed by atoms with Crippen molar-refractivity contribution in [2.75, 3.05) is 20.0 Å². The summed E-state index contributed by atoms with van der Waals surface area (Å²) >= 11 is 4.12. The lowest BCUT2D eigenvalue weighted by atomic mass is 10.00. The standard InChI is InChI=1S/C12H18O3S/c1-8-6-9(14-2)7-11(15-3)12(8)10(13)4-5-16/h6-7,10,13,16H,4-5H2,1-3H3. The molecule has 0 amide bonds. The van der Waals surface area contributed by atoms with Gasteiger partial charge in [0.2, 0.25) is 0 Å². The number of methoxy groups -OCH3 is 2. The fraction of sp³-hybridized carbons (Fsp3) is 0.500. The van der Waals surface area contributed by atoms with Crippen LogP contribution in [0.4, 0.5) is 0 Å². The maximum absolute atomic E-state index is 10.0. The molecule has 1 unspecified atom stereocenters. The predicted molar refractivity (Wildman–Crippen MR) is 67.7 cm³/mol. The molecule has 1 N–H and O–H groups in total. The minimum atomic E-state index is -0.543. The van der Waals surface area contributed by atoms with Gasteiger partial charge in [0.05, 0.1) is 20.3 Å². The van der Waals surface area contributed by atoms with Gasteiger partial charge in [-0.3, -0.25) is 0 Å². The Morgan fingerprint density at radius 2 is 2.00 bits per heavy atom. The second kappa shape index (κ2) is 6.01. The maximum atomic E-state index is 10.0. The van der Waals surface area contributed by atoms with Gasteiger partial charge in [-0.2, -0.15) is 12.6 Å². The van der Waals surface area contributed by atoms with E-state index in [9.17, 15) is 5.11 Å². The van der Waals surface area contributed by atoms with E-state index < -0.39 is 6.10 Å². The number of hydrogen-bond donors (Lipinski definition) is 2. The first-order chi connectivity index (χ1) is 7.63. The zero-order valence-corrected chi connectivity index (χ0v) is 10.8. The lowest BCUT2D eigenvalue weighted by Gasteiger charge is -2.17.